The largest absolute Gasteiger partial charge is 0.544 e. The molecule has 1 aliphatic carbocycles. The topological polar surface area (TPSA) is 61.8 Å². The summed E-state index contributed by atoms with van der Waals surface area (Å²) in [6, 6.07) is 2.34. The van der Waals surface area contributed by atoms with Gasteiger partial charge in [-0.3, -0.25) is 0 Å². The van der Waals surface area contributed by atoms with Crippen LogP contribution in [0.2, 0.25) is 39.3 Å². The highest BCUT2D eigenvalue weighted by molar-refractivity contribution is 7.88. The lowest BCUT2D eigenvalue weighted by molar-refractivity contribution is -0.0500. The Bertz CT molecular complexity index is 1110. The zero-order valence-corrected chi connectivity index (χ0v) is 23.7. The smallest absolute Gasteiger partial charge is 0.534 e. The number of benzene rings is 1. The fraction of sp³-hybridized carbons (Fsp3) is 0.565. The van der Waals surface area contributed by atoms with Crippen molar-refractivity contribution < 1.29 is 37.4 Å². The van der Waals surface area contributed by atoms with Gasteiger partial charge in [0.1, 0.15) is 17.2 Å². The first-order valence-electron chi connectivity index (χ1n) is 12.0. The zero-order chi connectivity index (χ0) is 27.9. The van der Waals surface area contributed by atoms with Crippen LogP contribution < -0.4 is 13.0 Å². The van der Waals surface area contributed by atoms with Crippen LogP contribution in [0.5, 0.6) is 17.2 Å². The standard InChI is InChI=1S/C23H35F3O5SSi2/c1-15(2)18-11-10-16(3)12-19(18)22-20(30-33(4,5)6)13-17(14-21(22)31-34(7,8)9)29-32(27,28)23(24,25)26/h12-14,18-19H,1,10-11H2,2-9H3/t18-,19+/m0/s1/i1D2,3+1. The minimum absolute atomic E-state index is 0.183. The van der Waals surface area contributed by atoms with Gasteiger partial charge in [0.05, 0.1) is 2.74 Å². The second kappa shape index (κ2) is 9.73. The predicted octanol–water partition coefficient (Wildman–Crippen LogP) is 7.36. The highest BCUT2D eigenvalue weighted by Gasteiger charge is 2.49. The van der Waals surface area contributed by atoms with Gasteiger partial charge in [0.25, 0.3) is 0 Å². The Balaban J connectivity index is 2.90. The number of allylic oxidation sites excluding steroid dienone is 3. The molecule has 0 saturated heterocycles. The molecule has 2 atom stereocenters. The first-order valence-corrected chi connectivity index (χ1v) is 19.2. The van der Waals surface area contributed by atoms with Crippen molar-refractivity contribution in [1.29, 1.82) is 0 Å². The number of hydrogen-bond donors (Lipinski definition) is 0. The summed E-state index contributed by atoms with van der Waals surface area (Å²) < 4.78 is 95.7. The SMILES string of the molecule is [2H]C([2H])=C(C)[C@@H]1CCC([13CH3])=C[C@H]1c1c(O[Si](C)(C)C)cc(OS(=O)(=O)C(F)(F)F)cc1O[Si](C)(C)C. The molecule has 0 spiro atoms. The van der Waals surface area contributed by atoms with Gasteiger partial charge in [-0.25, -0.2) is 0 Å². The van der Waals surface area contributed by atoms with Crippen LogP contribution in [0.1, 0.15) is 40.9 Å². The van der Waals surface area contributed by atoms with E-state index in [2.05, 4.69) is 4.18 Å². The van der Waals surface area contributed by atoms with Crippen molar-refractivity contribution in [2.45, 2.75) is 77.4 Å². The number of rotatable bonds is 8. The molecule has 0 radical (unpaired) electrons. The van der Waals surface area contributed by atoms with Crippen molar-refractivity contribution in [3.8, 4) is 17.2 Å². The van der Waals surface area contributed by atoms with Crippen LogP contribution in [0, 0.1) is 5.92 Å². The summed E-state index contributed by atoms with van der Waals surface area (Å²) in [6.45, 7) is 14.8. The third-order valence-corrected chi connectivity index (χ3v) is 7.68. The third kappa shape index (κ3) is 7.38. The van der Waals surface area contributed by atoms with Crippen LogP contribution in [-0.4, -0.2) is 30.6 Å². The predicted molar refractivity (Wildman–Crippen MR) is 134 cm³/mol. The van der Waals surface area contributed by atoms with Gasteiger partial charge >= 0.3 is 15.6 Å². The zero-order valence-electron chi connectivity index (χ0n) is 22.9. The van der Waals surface area contributed by atoms with Crippen LogP contribution in [0.4, 0.5) is 13.2 Å². The van der Waals surface area contributed by atoms with E-state index in [-0.39, 0.29) is 23.9 Å². The molecule has 0 aromatic heterocycles. The summed E-state index contributed by atoms with van der Waals surface area (Å²) in [5.74, 6) is -0.822. The molecule has 1 aromatic carbocycles. The van der Waals surface area contributed by atoms with Crippen LogP contribution in [0.25, 0.3) is 0 Å². The Labute approximate surface area is 206 Å². The van der Waals surface area contributed by atoms with E-state index in [1.807, 2.05) is 52.3 Å². The summed E-state index contributed by atoms with van der Waals surface area (Å²) in [4.78, 5) is 0. The van der Waals surface area contributed by atoms with Gasteiger partial charge in [-0.2, -0.15) is 21.6 Å². The van der Waals surface area contributed by atoms with Gasteiger partial charge in [0.2, 0.25) is 16.6 Å². The van der Waals surface area contributed by atoms with E-state index in [9.17, 15) is 21.6 Å². The Morgan fingerprint density at radius 2 is 1.59 bits per heavy atom. The molecule has 0 fully saturated rings. The van der Waals surface area contributed by atoms with Gasteiger partial charge in [0, 0.05) is 23.6 Å². The minimum atomic E-state index is -5.91. The first kappa shape index (κ1) is 25.4. The summed E-state index contributed by atoms with van der Waals surface area (Å²) >= 11 is 0. The average molecular weight is 540 g/mol. The molecule has 1 aromatic rings. The Morgan fingerprint density at radius 3 is 2.00 bits per heavy atom. The number of hydrogen-bond acceptors (Lipinski definition) is 5. The maximum atomic E-state index is 13.1. The summed E-state index contributed by atoms with van der Waals surface area (Å²) in [5, 5.41) is 0. The normalized spacial score (nSPS) is 20.6. The van der Waals surface area contributed by atoms with E-state index in [4.69, 9.17) is 11.6 Å². The molecule has 0 aliphatic heterocycles. The summed E-state index contributed by atoms with van der Waals surface area (Å²) in [6.07, 6.45) is 3.45. The van der Waals surface area contributed by atoms with Gasteiger partial charge in [0.15, 0.2) is 0 Å². The highest BCUT2D eigenvalue weighted by atomic mass is 32.2. The molecule has 0 unspecified atom stereocenters. The maximum absolute atomic E-state index is 13.1. The second-order valence-electron chi connectivity index (χ2n) is 10.6. The minimum Gasteiger partial charge on any atom is -0.544 e. The van der Waals surface area contributed by atoms with E-state index in [0.717, 1.165) is 12.0 Å². The molecular formula is C23H35F3O5SSi2. The lowest BCUT2D eigenvalue weighted by Crippen LogP contribution is -2.33. The molecule has 34 heavy (non-hydrogen) atoms. The summed E-state index contributed by atoms with van der Waals surface area (Å²) in [7, 11) is -10.6. The van der Waals surface area contributed by atoms with Crippen LogP contribution in [0.15, 0.2) is 35.9 Å². The molecule has 1 aliphatic rings. The quantitative estimate of drug-likeness (QED) is 0.114. The molecule has 2 rings (SSSR count). The van der Waals surface area contributed by atoms with Crippen molar-refractivity contribution in [1.82, 2.24) is 0 Å². The van der Waals surface area contributed by atoms with Crippen LogP contribution >= 0.6 is 0 Å². The molecule has 0 N–H and O–H groups in total. The van der Waals surface area contributed by atoms with Crippen molar-refractivity contribution in [3.05, 3.63) is 41.4 Å². The Morgan fingerprint density at radius 1 is 1.09 bits per heavy atom. The van der Waals surface area contributed by atoms with Crippen LogP contribution in [-0.2, 0) is 10.1 Å². The van der Waals surface area contributed by atoms with Gasteiger partial charge in [-0.1, -0.05) is 23.8 Å². The molecule has 5 nitrogen and oxygen atoms in total. The van der Waals surface area contributed by atoms with Crippen molar-refractivity contribution in [2.24, 2.45) is 5.92 Å². The monoisotopic (exact) mass is 539 g/mol. The Hall–Kier alpha value is -1.73. The average Bonchev–Trinajstić information content (AvgIpc) is 2.63. The van der Waals surface area contributed by atoms with Gasteiger partial charge in [-0.15, -0.1) is 0 Å². The van der Waals surface area contributed by atoms with Crippen molar-refractivity contribution in [3.63, 3.8) is 0 Å². The van der Waals surface area contributed by atoms with Crippen molar-refractivity contribution in [2.75, 3.05) is 0 Å². The third-order valence-electron chi connectivity index (χ3n) is 5.04. The van der Waals surface area contributed by atoms with Crippen molar-refractivity contribution >= 4 is 26.8 Å². The lowest BCUT2D eigenvalue weighted by Gasteiger charge is -2.35. The molecule has 0 bridgehead atoms. The maximum Gasteiger partial charge on any atom is 0.534 e. The lowest BCUT2D eigenvalue weighted by atomic mass is 9.74. The molecule has 192 valence electrons. The Kier molecular flexibility index (Phi) is 7.26. The molecule has 0 saturated carbocycles. The second-order valence-corrected chi connectivity index (χ2v) is 21.0. The number of alkyl halides is 3. The van der Waals surface area contributed by atoms with Crippen LogP contribution in [0.3, 0.4) is 0 Å². The fourth-order valence-corrected chi connectivity index (χ4v) is 5.90. The van der Waals surface area contributed by atoms with E-state index in [1.165, 1.54) is 12.1 Å². The van der Waals surface area contributed by atoms with E-state index < -0.39 is 43.9 Å². The molecule has 0 amide bonds. The van der Waals surface area contributed by atoms with E-state index in [1.54, 1.807) is 6.92 Å². The number of halogens is 3. The fourth-order valence-electron chi connectivity index (χ4n) is 3.80. The molecule has 0 heterocycles. The first-order chi connectivity index (χ1) is 16.1. The van der Waals surface area contributed by atoms with Gasteiger partial charge in [-0.05, 0) is 71.9 Å². The van der Waals surface area contributed by atoms with Gasteiger partial charge < -0.3 is 13.0 Å². The van der Waals surface area contributed by atoms with E-state index in [0.29, 0.717) is 17.6 Å². The highest BCUT2D eigenvalue weighted by Crippen LogP contribution is 2.49. The summed E-state index contributed by atoms with van der Waals surface area (Å²) in [5.41, 5.74) is -3.39. The molecular weight excluding hydrogens is 502 g/mol. The molecule has 11 heteroatoms. The van der Waals surface area contributed by atoms with E-state index >= 15 is 0 Å².